The molecule has 1 aromatic rings. The Hall–Kier alpha value is -1.33. The highest BCUT2D eigenvalue weighted by Crippen LogP contribution is 2.31. The lowest BCUT2D eigenvalue weighted by Crippen LogP contribution is -2.28. The number of benzene rings is 1. The van der Waals surface area contributed by atoms with E-state index < -0.39 is 11.7 Å². The zero-order valence-electron chi connectivity index (χ0n) is 9.51. The van der Waals surface area contributed by atoms with Crippen LogP contribution < -0.4 is 11.3 Å². The standard InChI is InChI=1S/C12H15F3N2/c1-8(2)6-11(17-16)9-4-3-5-10(7-9)12(13,14)15/h3-5,7,11,17H,1,6,16H2,2H3. The lowest BCUT2D eigenvalue weighted by molar-refractivity contribution is -0.137. The van der Waals surface area contributed by atoms with Crippen LogP contribution in [0.2, 0.25) is 0 Å². The van der Waals surface area contributed by atoms with Gasteiger partial charge in [0.25, 0.3) is 0 Å². The van der Waals surface area contributed by atoms with Gasteiger partial charge in [0.2, 0.25) is 0 Å². The number of hydrazine groups is 1. The average Bonchev–Trinajstić information content (AvgIpc) is 2.24. The molecule has 94 valence electrons. The number of halogens is 3. The van der Waals surface area contributed by atoms with E-state index in [9.17, 15) is 13.2 Å². The molecule has 0 aliphatic heterocycles. The van der Waals surface area contributed by atoms with Crippen LogP contribution in [0.1, 0.15) is 30.5 Å². The Balaban J connectivity index is 3.01. The van der Waals surface area contributed by atoms with Crippen molar-refractivity contribution in [3.8, 4) is 0 Å². The van der Waals surface area contributed by atoms with Crippen LogP contribution in [0, 0.1) is 0 Å². The second-order valence-electron chi connectivity index (χ2n) is 4.00. The molecule has 0 aliphatic carbocycles. The normalized spacial score (nSPS) is 13.5. The molecule has 0 saturated heterocycles. The Kier molecular flexibility index (Phi) is 4.31. The molecular weight excluding hydrogens is 229 g/mol. The molecule has 0 aliphatic rings. The Bertz CT molecular complexity index is 399. The van der Waals surface area contributed by atoms with Gasteiger partial charge in [-0.3, -0.25) is 11.3 Å². The van der Waals surface area contributed by atoms with Crippen molar-refractivity contribution < 1.29 is 13.2 Å². The van der Waals surface area contributed by atoms with E-state index in [2.05, 4.69) is 12.0 Å². The quantitative estimate of drug-likeness (QED) is 0.485. The maximum absolute atomic E-state index is 12.5. The highest BCUT2D eigenvalue weighted by atomic mass is 19.4. The van der Waals surface area contributed by atoms with E-state index in [0.717, 1.165) is 17.7 Å². The summed E-state index contributed by atoms with van der Waals surface area (Å²) >= 11 is 0. The van der Waals surface area contributed by atoms with Crippen LogP contribution >= 0.6 is 0 Å². The van der Waals surface area contributed by atoms with Crippen molar-refractivity contribution in [2.45, 2.75) is 25.6 Å². The topological polar surface area (TPSA) is 38.0 Å². The number of hydrogen-bond acceptors (Lipinski definition) is 2. The molecule has 2 nitrogen and oxygen atoms in total. The molecule has 1 rings (SSSR count). The number of nitrogens with one attached hydrogen (secondary N) is 1. The third kappa shape index (κ3) is 3.87. The summed E-state index contributed by atoms with van der Waals surface area (Å²) in [6.45, 7) is 5.53. The van der Waals surface area contributed by atoms with Gasteiger partial charge in [0.15, 0.2) is 0 Å². The fourth-order valence-corrected chi connectivity index (χ4v) is 1.55. The third-order valence-electron chi connectivity index (χ3n) is 2.37. The summed E-state index contributed by atoms with van der Waals surface area (Å²) in [7, 11) is 0. The number of hydrogen-bond donors (Lipinski definition) is 2. The SMILES string of the molecule is C=C(C)CC(NN)c1cccc(C(F)(F)F)c1. The van der Waals surface area contributed by atoms with Crippen molar-refractivity contribution in [1.29, 1.82) is 0 Å². The molecule has 0 saturated carbocycles. The Labute approximate surface area is 98.3 Å². The molecule has 0 radical (unpaired) electrons. The lowest BCUT2D eigenvalue weighted by atomic mass is 9.99. The number of nitrogens with two attached hydrogens (primary N) is 1. The van der Waals surface area contributed by atoms with E-state index in [0.29, 0.717) is 12.0 Å². The van der Waals surface area contributed by atoms with Crippen molar-refractivity contribution in [2.24, 2.45) is 5.84 Å². The molecule has 17 heavy (non-hydrogen) atoms. The van der Waals surface area contributed by atoms with E-state index in [1.165, 1.54) is 6.07 Å². The van der Waals surface area contributed by atoms with Gasteiger partial charge in [-0.05, 0) is 31.0 Å². The van der Waals surface area contributed by atoms with Crippen molar-refractivity contribution in [3.63, 3.8) is 0 Å². The van der Waals surface area contributed by atoms with Crippen molar-refractivity contribution >= 4 is 0 Å². The summed E-state index contributed by atoms with van der Waals surface area (Å²) in [5.74, 6) is 5.34. The van der Waals surface area contributed by atoms with E-state index in [-0.39, 0.29) is 6.04 Å². The van der Waals surface area contributed by atoms with E-state index in [1.54, 1.807) is 13.0 Å². The lowest BCUT2D eigenvalue weighted by Gasteiger charge is -2.17. The van der Waals surface area contributed by atoms with Gasteiger partial charge in [-0.2, -0.15) is 13.2 Å². The zero-order chi connectivity index (χ0) is 13.1. The molecule has 1 aromatic carbocycles. The molecule has 0 bridgehead atoms. The summed E-state index contributed by atoms with van der Waals surface area (Å²) in [6, 6.07) is 4.78. The van der Waals surface area contributed by atoms with Gasteiger partial charge in [0.05, 0.1) is 5.56 Å². The van der Waals surface area contributed by atoms with Gasteiger partial charge >= 0.3 is 6.18 Å². The van der Waals surface area contributed by atoms with Crippen LogP contribution in [0.25, 0.3) is 0 Å². The van der Waals surface area contributed by atoms with E-state index in [4.69, 9.17) is 5.84 Å². The minimum absolute atomic E-state index is 0.352. The van der Waals surface area contributed by atoms with Crippen LogP contribution in [0.3, 0.4) is 0 Å². The first kappa shape index (κ1) is 13.7. The Morgan fingerprint density at radius 3 is 2.59 bits per heavy atom. The molecular formula is C12H15F3N2. The maximum atomic E-state index is 12.5. The average molecular weight is 244 g/mol. The Morgan fingerprint density at radius 2 is 2.12 bits per heavy atom. The molecule has 0 heterocycles. The molecule has 0 spiro atoms. The predicted octanol–water partition coefficient (Wildman–Crippen LogP) is 3.18. The molecule has 0 fully saturated rings. The monoisotopic (exact) mass is 244 g/mol. The first-order valence-electron chi connectivity index (χ1n) is 5.12. The minimum Gasteiger partial charge on any atom is -0.271 e. The first-order chi connectivity index (χ1) is 7.84. The molecule has 1 unspecified atom stereocenters. The predicted molar refractivity (Wildman–Crippen MR) is 60.9 cm³/mol. The van der Waals surface area contributed by atoms with Crippen LogP contribution in [0.4, 0.5) is 13.2 Å². The van der Waals surface area contributed by atoms with Gasteiger partial charge in [-0.25, -0.2) is 0 Å². The van der Waals surface area contributed by atoms with Crippen molar-refractivity contribution in [1.82, 2.24) is 5.43 Å². The van der Waals surface area contributed by atoms with Crippen LogP contribution in [0.15, 0.2) is 36.4 Å². The van der Waals surface area contributed by atoms with Crippen LogP contribution in [-0.4, -0.2) is 0 Å². The molecule has 0 amide bonds. The largest absolute Gasteiger partial charge is 0.416 e. The molecule has 3 N–H and O–H groups in total. The van der Waals surface area contributed by atoms with Crippen molar-refractivity contribution in [3.05, 3.63) is 47.5 Å². The summed E-state index contributed by atoms with van der Waals surface area (Å²) < 4.78 is 37.6. The van der Waals surface area contributed by atoms with Gasteiger partial charge in [-0.1, -0.05) is 17.7 Å². The van der Waals surface area contributed by atoms with Crippen molar-refractivity contribution in [2.75, 3.05) is 0 Å². The van der Waals surface area contributed by atoms with E-state index >= 15 is 0 Å². The molecule has 0 aromatic heterocycles. The highest BCUT2D eigenvalue weighted by Gasteiger charge is 2.30. The summed E-state index contributed by atoms with van der Waals surface area (Å²) in [5, 5.41) is 0. The molecule has 1 atom stereocenters. The minimum atomic E-state index is -4.33. The smallest absolute Gasteiger partial charge is 0.271 e. The first-order valence-corrected chi connectivity index (χ1v) is 5.12. The summed E-state index contributed by atoms with van der Waals surface area (Å²) in [6.07, 6.45) is -3.84. The summed E-state index contributed by atoms with van der Waals surface area (Å²) in [5.41, 5.74) is 3.19. The van der Waals surface area contributed by atoms with Gasteiger partial charge < -0.3 is 0 Å². The van der Waals surface area contributed by atoms with Gasteiger partial charge in [0.1, 0.15) is 0 Å². The fourth-order valence-electron chi connectivity index (χ4n) is 1.55. The maximum Gasteiger partial charge on any atom is 0.416 e. The summed E-state index contributed by atoms with van der Waals surface area (Å²) in [4.78, 5) is 0. The van der Waals surface area contributed by atoms with Gasteiger partial charge in [0, 0.05) is 6.04 Å². The van der Waals surface area contributed by atoms with Crippen LogP contribution in [0.5, 0.6) is 0 Å². The highest BCUT2D eigenvalue weighted by molar-refractivity contribution is 5.28. The van der Waals surface area contributed by atoms with Crippen LogP contribution in [-0.2, 0) is 6.18 Å². The van der Waals surface area contributed by atoms with E-state index in [1.807, 2.05) is 0 Å². The fraction of sp³-hybridized carbons (Fsp3) is 0.333. The molecule has 5 heteroatoms. The third-order valence-corrected chi connectivity index (χ3v) is 2.37. The Morgan fingerprint density at radius 1 is 1.47 bits per heavy atom. The number of rotatable bonds is 4. The second-order valence-corrected chi connectivity index (χ2v) is 4.00. The number of alkyl halides is 3. The van der Waals surface area contributed by atoms with Gasteiger partial charge in [-0.15, -0.1) is 6.58 Å². The zero-order valence-corrected chi connectivity index (χ0v) is 9.51. The second kappa shape index (κ2) is 5.33.